The fraction of sp³-hybridized carbons (Fsp3) is 0.615. The van der Waals surface area contributed by atoms with E-state index in [1.54, 1.807) is 6.92 Å². The number of carbonyl (C=O) groups excluding carboxylic acids is 3. The molecule has 2 aliphatic carbocycles. The maximum Gasteiger partial charge on any atom is 0.334 e. The molecule has 0 N–H and O–H groups in total. The van der Waals surface area contributed by atoms with Gasteiger partial charge in [0.2, 0.25) is 0 Å². The first-order valence-corrected chi connectivity index (χ1v) is 6.48. The van der Waals surface area contributed by atoms with Crippen LogP contribution in [0.2, 0.25) is 0 Å². The van der Waals surface area contributed by atoms with Gasteiger partial charge in [0.15, 0.2) is 6.61 Å². The van der Waals surface area contributed by atoms with Crippen molar-refractivity contribution >= 4 is 17.8 Å². The van der Waals surface area contributed by atoms with E-state index in [1.165, 1.54) is 0 Å². The Labute approximate surface area is 110 Å². The molecule has 1 saturated carbocycles. The first-order valence-electron chi connectivity index (χ1n) is 6.48. The van der Waals surface area contributed by atoms with E-state index in [9.17, 15) is 14.4 Å². The number of hydrogen-bond acceptors (Lipinski definition) is 5. The van der Waals surface area contributed by atoms with Crippen LogP contribution < -0.4 is 0 Å². The number of amides is 2. The molecule has 2 fully saturated rings. The maximum atomic E-state index is 12.2. The molecular weight excluding hydrogens is 250 g/mol. The topological polar surface area (TPSA) is 72.9 Å². The monoisotopic (exact) mass is 265 g/mol. The summed E-state index contributed by atoms with van der Waals surface area (Å²) < 4.78 is 4.70. The largest absolute Gasteiger partial charge is 0.464 e. The molecule has 0 radical (unpaired) electrons. The highest BCUT2D eigenvalue weighted by atomic mass is 16.7. The van der Waals surface area contributed by atoms with Crippen molar-refractivity contribution in [1.82, 2.24) is 5.06 Å². The van der Waals surface area contributed by atoms with Gasteiger partial charge in [-0.25, -0.2) is 4.79 Å². The number of esters is 1. The molecule has 1 aliphatic heterocycles. The fourth-order valence-corrected chi connectivity index (χ4v) is 3.32. The van der Waals surface area contributed by atoms with E-state index in [2.05, 4.69) is 0 Å². The zero-order valence-electron chi connectivity index (χ0n) is 10.6. The van der Waals surface area contributed by atoms with Gasteiger partial charge in [-0.2, -0.15) is 5.06 Å². The second-order valence-electron chi connectivity index (χ2n) is 5.05. The maximum absolute atomic E-state index is 12.2. The summed E-state index contributed by atoms with van der Waals surface area (Å²) in [4.78, 5) is 40.5. The highest BCUT2D eigenvalue weighted by Gasteiger charge is 2.60. The SMILES string of the molecule is CCOC(=O)CON1C(=O)[C@H]2[C@H](C1=O)[C@H]1C=C[C@H]2C1. The number of hydroxylamine groups is 2. The van der Waals surface area contributed by atoms with Crippen LogP contribution in [-0.2, 0) is 24.0 Å². The minimum atomic E-state index is -0.582. The van der Waals surface area contributed by atoms with E-state index in [-0.39, 0.29) is 42.1 Å². The Kier molecular flexibility index (Phi) is 2.89. The van der Waals surface area contributed by atoms with Crippen LogP contribution in [0.5, 0.6) is 0 Å². The molecule has 3 rings (SSSR count). The highest BCUT2D eigenvalue weighted by molar-refractivity contribution is 6.05. The van der Waals surface area contributed by atoms with Crippen molar-refractivity contribution in [2.45, 2.75) is 13.3 Å². The minimum Gasteiger partial charge on any atom is -0.464 e. The van der Waals surface area contributed by atoms with Gasteiger partial charge >= 0.3 is 5.97 Å². The molecule has 19 heavy (non-hydrogen) atoms. The second kappa shape index (κ2) is 4.45. The number of imide groups is 1. The summed E-state index contributed by atoms with van der Waals surface area (Å²) in [6, 6.07) is 0. The van der Waals surface area contributed by atoms with Gasteiger partial charge in [0.1, 0.15) is 0 Å². The van der Waals surface area contributed by atoms with E-state index in [0.717, 1.165) is 11.5 Å². The van der Waals surface area contributed by atoms with Gasteiger partial charge in [0.25, 0.3) is 11.8 Å². The van der Waals surface area contributed by atoms with E-state index in [4.69, 9.17) is 9.57 Å². The number of carbonyl (C=O) groups is 3. The molecule has 0 unspecified atom stereocenters. The summed E-state index contributed by atoms with van der Waals surface area (Å²) in [5, 5.41) is 0.762. The Morgan fingerprint density at radius 2 is 1.84 bits per heavy atom. The van der Waals surface area contributed by atoms with Gasteiger partial charge in [-0.1, -0.05) is 12.2 Å². The smallest absolute Gasteiger partial charge is 0.334 e. The normalized spacial score (nSPS) is 35.1. The van der Waals surface area contributed by atoms with Gasteiger partial charge in [-0.3, -0.25) is 14.4 Å². The first kappa shape index (κ1) is 12.3. The summed E-state index contributed by atoms with van der Waals surface area (Å²) in [7, 11) is 0. The zero-order chi connectivity index (χ0) is 13.6. The number of hydrogen-bond donors (Lipinski definition) is 0. The predicted octanol–water partition coefficient (Wildman–Crippen LogP) is 0.288. The van der Waals surface area contributed by atoms with Crippen LogP contribution in [0.4, 0.5) is 0 Å². The minimum absolute atomic E-state index is 0.141. The lowest BCUT2D eigenvalue weighted by atomic mass is 9.85. The molecule has 1 saturated heterocycles. The van der Waals surface area contributed by atoms with Crippen LogP contribution in [-0.4, -0.2) is 36.1 Å². The van der Waals surface area contributed by atoms with Gasteiger partial charge in [0.05, 0.1) is 18.4 Å². The third-order valence-electron chi connectivity index (χ3n) is 4.05. The molecule has 2 amide bonds. The lowest BCUT2D eigenvalue weighted by molar-refractivity contribution is -0.195. The standard InChI is InChI=1S/C13H15NO5/c1-2-18-9(15)6-19-14-12(16)10-7-3-4-8(5-7)11(10)13(14)17/h3-4,7-8,10-11H,2,5-6H2,1H3/t7-,8-,10+,11+/m0/s1. The Bertz CT molecular complexity index is 442. The summed E-state index contributed by atoms with van der Waals surface area (Å²) in [5.74, 6) is -1.55. The molecule has 4 atom stereocenters. The Balaban J connectivity index is 1.67. The van der Waals surface area contributed by atoms with Crippen molar-refractivity contribution < 1.29 is 24.0 Å². The summed E-state index contributed by atoms with van der Waals surface area (Å²) in [6.07, 6.45) is 4.89. The van der Waals surface area contributed by atoms with E-state index in [0.29, 0.717) is 0 Å². The predicted molar refractivity (Wildman–Crippen MR) is 62.2 cm³/mol. The number of fused-ring (bicyclic) bond motifs is 5. The molecule has 3 aliphatic rings. The number of allylic oxidation sites excluding steroid dienone is 2. The molecule has 6 heteroatoms. The van der Waals surface area contributed by atoms with Crippen LogP contribution in [0.15, 0.2) is 12.2 Å². The van der Waals surface area contributed by atoms with Crippen molar-refractivity contribution in [2.75, 3.05) is 13.2 Å². The molecule has 0 aromatic heterocycles. The van der Waals surface area contributed by atoms with Crippen molar-refractivity contribution in [3.63, 3.8) is 0 Å². The van der Waals surface area contributed by atoms with Crippen LogP contribution in [0, 0.1) is 23.7 Å². The number of rotatable bonds is 4. The lowest BCUT2D eigenvalue weighted by Crippen LogP contribution is -2.35. The van der Waals surface area contributed by atoms with Crippen LogP contribution in [0.3, 0.4) is 0 Å². The average Bonchev–Trinajstić information content (AvgIpc) is 3.03. The molecule has 0 aromatic rings. The van der Waals surface area contributed by atoms with E-state index < -0.39 is 12.6 Å². The molecule has 6 nitrogen and oxygen atoms in total. The lowest BCUT2D eigenvalue weighted by Gasteiger charge is -2.15. The number of ether oxygens (including phenoxy) is 1. The van der Waals surface area contributed by atoms with Crippen LogP contribution in [0.1, 0.15) is 13.3 Å². The quantitative estimate of drug-likeness (QED) is 0.415. The van der Waals surface area contributed by atoms with Gasteiger partial charge in [0, 0.05) is 0 Å². The molecule has 102 valence electrons. The highest BCUT2D eigenvalue weighted by Crippen LogP contribution is 2.52. The van der Waals surface area contributed by atoms with Crippen molar-refractivity contribution in [3.05, 3.63) is 12.2 Å². The first-order chi connectivity index (χ1) is 9.13. The molecule has 0 spiro atoms. The van der Waals surface area contributed by atoms with E-state index >= 15 is 0 Å². The third-order valence-corrected chi connectivity index (χ3v) is 4.05. The Morgan fingerprint density at radius 3 is 2.37 bits per heavy atom. The third kappa shape index (κ3) is 1.78. The van der Waals surface area contributed by atoms with Crippen molar-refractivity contribution in [1.29, 1.82) is 0 Å². The summed E-state index contributed by atoms with van der Waals surface area (Å²) in [6.45, 7) is 1.51. The summed E-state index contributed by atoms with van der Waals surface area (Å²) in [5.41, 5.74) is 0. The van der Waals surface area contributed by atoms with Crippen LogP contribution >= 0.6 is 0 Å². The van der Waals surface area contributed by atoms with Crippen molar-refractivity contribution in [3.8, 4) is 0 Å². The molecular formula is C13H15NO5. The number of nitrogens with zero attached hydrogens (tertiary/aromatic N) is 1. The second-order valence-corrected chi connectivity index (χ2v) is 5.05. The van der Waals surface area contributed by atoms with Gasteiger partial charge in [-0.05, 0) is 25.2 Å². The summed E-state index contributed by atoms with van der Waals surface area (Å²) >= 11 is 0. The molecule has 2 bridgehead atoms. The van der Waals surface area contributed by atoms with Crippen molar-refractivity contribution in [2.24, 2.45) is 23.7 Å². The zero-order valence-corrected chi connectivity index (χ0v) is 10.6. The molecule has 1 heterocycles. The van der Waals surface area contributed by atoms with Gasteiger partial charge in [-0.15, -0.1) is 0 Å². The fourth-order valence-electron chi connectivity index (χ4n) is 3.32. The molecule has 0 aromatic carbocycles. The van der Waals surface area contributed by atoms with Crippen LogP contribution in [0.25, 0.3) is 0 Å². The Morgan fingerprint density at radius 1 is 1.26 bits per heavy atom. The van der Waals surface area contributed by atoms with Gasteiger partial charge < -0.3 is 4.74 Å². The Hall–Kier alpha value is -1.69. The van der Waals surface area contributed by atoms with E-state index in [1.807, 2.05) is 12.2 Å². The average molecular weight is 265 g/mol.